The van der Waals surface area contributed by atoms with Gasteiger partial charge in [-0.25, -0.2) is 0 Å². The number of piperidine rings is 1. The first kappa shape index (κ1) is 23.9. The maximum absolute atomic E-state index is 8.77. The van der Waals surface area contributed by atoms with Gasteiger partial charge in [-0.05, 0) is 73.5 Å². The largest absolute Gasteiger partial charge is 0.490 e. The van der Waals surface area contributed by atoms with Crippen LogP contribution < -0.4 is 15.8 Å². The van der Waals surface area contributed by atoms with Crippen LogP contribution in [0.4, 0.5) is 5.69 Å². The number of benzene rings is 3. The highest BCUT2D eigenvalue weighted by Gasteiger charge is 2.18. The van der Waals surface area contributed by atoms with Crippen molar-refractivity contribution in [3.63, 3.8) is 0 Å². The summed E-state index contributed by atoms with van der Waals surface area (Å²) in [6.45, 7) is 6.84. The molecule has 1 aliphatic heterocycles. The van der Waals surface area contributed by atoms with Crippen molar-refractivity contribution >= 4 is 28.7 Å². The van der Waals surface area contributed by atoms with Crippen molar-refractivity contribution in [1.82, 2.24) is 10.2 Å². The maximum atomic E-state index is 8.77. The number of hydrogen-bond acceptors (Lipinski definition) is 5. The van der Waals surface area contributed by atoms with E-state index < -0.39 is 0 Å². The molecule has 4 rings (SSSR count). The van der Waals surface area contributed by atoms with Crippen molar-refractivity contribution in [3.05, 3.63) is 101 Å². The molecule has 0 atom stereocenters. The smallest absolute Gasteiger partial charge is 0.119 e. The molecule has 176 valence electrons. The molecule has 0 amide bonds. The summed E-state index contributed by atoms with van der Waals surface area (Å²) < 4.78 is 6.14. The third-order valence-corrected chi connectivity index (χ3v) is 6.60. The Morgan fingerprint density at radius 2 is 1.76 bits per heavy atom. The molecule has 1 saturated heterocycles. The van der Waals surface area contributed by atoms with Crippen LogP contribution in [-0.4, -0.2) is 36.9 Å². The van der Waals surface area contributed by atoms with Crippen LogP contribution in [0.5, 0.6) is 5.75 Å². The van der Waals surface area contributed by atoms with Crippen LogP contribution in [0.3, 0.4) is 0 Å². The zero-order valence-corrected chi connectivity index (χ0v) is 20.2. The average molecular weight is 475 g/mol. The molecule has 4 N–H and O–H groups in total. The van der Waals surface area contributed by atoms with E-state index in [1.807, 2.05) is 66.7 Å². The fourth-order valence-corrected chi connectivity index (χ4v) is 4.26. The fraction of sp³-hybridized carbons (Fsp3) is 0.250. The van der Waals surface area contributed by atoms with Crippen LogP contribution in [-0.2, 0) is 6.54 Å². The summed E-state index contributed by atoms with van der Waals surface area (Å²) in [6, 6.07) is 21.1. The average Bonchev–Trinajstić information content (AvgIpc) is 2.85. The zero-order valence-electron chi connectivity index (χ0n) is 19.5. The summed E-state index contributed by atoms with van der Waals surface area (Å²) in [7, 11) is 2.14. The number of rotatable bonds is 8. The van der Waals surface area contributed by atoms with Crippen LogP contribution in [0.1, 0.15) is 35.1 Å². The molecule has 0 aromatic heterocycles. The number of ether oxygens (including phenoxy) is 1. The standard InChI is InChI=1S/C28H31ClN4O/c1-19(32-18-22-5-3-4-6-26(22)29)21-9-12-27(30)25(17-21)28(31)20-7-10-23(11-8-20)34-24-13-15-33(2)16-14-24/h3-12,17,24,31-32H,1,13-16,18,30H2,2H3. The van der Waals surface area contributed by atoms with Gasteiger partial charge in [-0.15, -0.1) is 0 Å². The highest BCUT2D eigenvalue weighted by Crippen LogP contribution is 2.24. The van der Waals surface area contributed by atoms with Gasteiger partial charge in [0.25, 0.3) is 0 Å². The number of halogens is 1. The van der Waals surface area contributed by atoms with Gasteiger partial charge in [-0.2, -0.15) is 0 Å². The highest BCUT2D eigenvalue weighted by atomic mass is 35.5. The van der Waals surface area contributed by atoms with E-state index in [4.69, 9.17) is 27.5 Å². The molecule has 0 spiro atoms. The summed E-state index contributed by atoms with van der Waals surface area (Å²) in [4.78, 5) is 2.32. The predicted octanol–water partition coefficient (Wildman–Crippen LogP) is 5.57. The van der Waals surface area contributed by atoms with E-state index in [0.717, 1.165) is 54.1 Å². The molecular formula is C28H31ClN4O. The Bertz CT molecular complexity index is 1170. The van der Waals surface area contributed by atoms with Crippen molar-refractivity contribution in [3.8, 4) is 5.75 Å². The fourth-order valence-electron chi connectivity index (χ4n) is 4.06. The highest BCUT2D eigenvalue weighted by molar-refractivity contribution is 6.31. The Hall–Kier alpha value is -3.28. The van der Waals surface area contributed by atoms with E-state index in [1.165, 1.54) is 0 Å². The monoisotopic (exact) mass is 474 g/mol. The van der Waals surface area contributed by atoms with Gasteiger partial charge in [-0.3, -0.25) is 5.41 Å². The van der Waals surface area contributed by atoms with Crippen LogP contribution in [0.25, 0.3) is 5.70 Å². The molecule has 34 heavy (non-hydrogen) atoms. The molecule has 3 aromatic carbocycles. The van der Waals surface area contributed by atoms with Gasteiger partial charge >= 0.3 is 0 Å². The van der Waals surface area contributed by atoms with Gasteiger partial charge in [0.15, 0.2) is 0 Å². The minimum absolute atomic E-state index is 0.248. The summed E-state index contributed by atoms with van der Waals surface area (Å²) in [5.41, 5.74) is 11.2. The molecule has 1 heterocycles. The van der Waals surface area contributed by atoms with Gasteiger partial charge in [0.05, 0.1) is 5.71 Å². The molecule has 1 aliphatic rings. The first-order chi connectivity index (χ1) is 16.4. The zero-order chi connectivity index (χ0) is 24.1. The van der Waals surface area contributed by atoms with Gasteiger partial charge < -0.3 is 20.7 Å². The number of likely N-dealkylation sites (tertiary alicyclic amines) is 1. The number of hydrogen-bond donors (Lipinski definition) is 3. The van der Waals surface area contributed by atoms with Crippen LogP contribution in [0.2, 0.25) is 5.02 Å². The Labute approximate surface area is 206 Å². The molecule has 0 aliphatic carbocycles. The number of nitrogen functional groups attached to an aromatic ring is 1. The van der Waals surface area contributed by atoms with Gasteiger partial charge in [0, 0.05) is 47.2 Å². The predicted molar refractivity (Wildman–Crippen MR) is 142 cm³/mol. The Balaban J connectivity index is 1.43. The first-order valence-corrected chi connectivity index (χ1v) is 11.9. The third kappa shape index (κ3) is 5.79. The van der Waals surface area contributed by atoms with E-state index in [0.29, 0.717) is 28.5 Å². The lowest BCUT2D eigenvalue weighted by Gasteiger charge is -2.29. The van der Waals surface area contributed by atoms with Crippen molar-refractivity contribution in [1.29, 1.82) is 5.41 Å². The van der Waals surface area contributed by atoms with E-state index in [-0.39, 0.29) is 6.10 Å². The van der Waals surface area contributed by atoms with E-state index in [9.17, 15) is 0 Å². The maximum Gasteiger partial charge on any atom is 0.119 e. The SMILES string of the molecule is C=C(NCc1ccccc1Cl)c1ccc(N)c(C(=N)c2ccc(OC3CCN(C)CC3)cc2)c1. The second kappa shape index (κ2) is 10.8. The first-order valence-electron chi connectivity index (χ1n) is 11.5. The topological polar surface area (TPSA) is 74.4 Å². The van der Waals surface area contributed by atoms with Crippen molar-refractivity contribution in [2.45, 2.75) is 25.5 Å². The Morgan fingerprint density at radius 3 is 2.47 bits per heavy atom. The van der Waals surface area contributed by atoms with E-state index in [2.05, 4.69) is 23.8 Å². The quantitative estimate of drug-likeness (QED) is 0.294. The second-order valence-electron chi connectivity index (χ2n) is 8.75. The van der Waals surface area contributed by atoms with Crippen LogP contribution in [0.15, 0.2) is 73.3 Å². The summed E-state index contributed by atoms with van der Waals surface area (Å²) in [5.74, 6) is 0.838. The van der Waals surface area contributed by atoms with E-state index >= 15 is 0 Å². The molecule has 5 nitrogen and oxygen atoms in total. The molecule has 0 unspecified atom stereocenters. The van der Waals surface area contributed by atoms with Gasteiger partial charge in [0.1, 0.15) is 11.9 Å². The van der Waals surface area contributed by atoms with Crippen LogP contribution in [0, 0.1) is 5.41 Å². The molecular weight excluding hydrogens is 444 g/mol. The van der Waals surface area contributed by atoms with Gasteiger partial charge in [0.2, 0.25) is 0 Å². The molecule has 3 aromatic rings. The van der Waals surface area contributed by atoms with Crippen molar-refractivity contribution in [2.24, 2.45) is 0 Å². The molecule has 0 bridgehead atoms. The van der Waals surface area contributed by atoms with Crippen molar-refractivity contribution < 1.29 is 4.74 Å². The number of nitrogens with one attached hydrogen (secondary N) is 2. The molecule has 1 fully saturated rings. The summed E-state index contributed by atoms with van der Waals surface area (Å²) in [6.07, 6.45) is 2.32. The third-order valence-electron chi connectivity index (χ3n) is 6.23. The Kier molecular flexibility index (Phi) is 7.56. The number of nitrogens with two attached hydrogens (primary N) is 1. The molecule has 6 heteroatoms. The lowest BCUT2D eigenvalue weighted by Crippen LogP contribution is -2.35. The summed E-state index contributed by atoms with van der Waals surface area (Å²) in [5, 5.41) is 12.8. The number of anilines is 1. The normalized spacial score (nSPS) is 14.5. The number of nitrogens with zero attached hydrogens (tertiary/aromatic N) is 1. The minimum atomic E-state index is 0.248. The van der Waals surface area contributed by atoms with Gasteiger partial charge in [-0.1, -0.05) is 42.4 Å². The Morgan fingerprint density at radius 1 is 1.09 bits per heavy atom. The van der Waals surface area contributed by atoms with Crippen molar-refractivity contribution in [2.75, 3.05) is 25.9 Å². The lowest BCUT2D eigenvalue weighted by molar-refractivity contribution is 0.114. The second-order valence-corrected chi connectivity index (χ2v) is 9.15. The summed E-state index contributed by atoms with van der Waals surface area (Å²) >= 11 is 6.26. The molecule has 0 radical (unpaired) electrons. The molecule has 0 saturated carbocycles. The lowest BCUT2D eigenvalue weighted by atomic mass is 9.98. The van der Waals surface area contributed by atoms with E-state index in [1.54, 1.807) is 0 Å². The van der Waals surface area contributed by atoms with Crippen LogP contribution >= 0.6 is 11.6 Å². The minimum Gasteiger partial charge on any atom is -0.490 e.